The molecule has 0 aromatic heterocycles. The van der Waals surface area contributed by atoms with Gasteiger partial charge in [-0.15, -0.1) is 0 Å². The molecule has 33 heavy (non-hydrogen) atoms. The summed E-state index contributed by atoms with van der Waals surface area (Å²) in [4.78, 5) is 23.7. The van der Waals surface area contributed by atoms with Gasteiger partial charge in [0.1, 0.15) is 25.9 Å². The molecule has 0 fully saturated rings. The number of quaternary nitrogens is 1. The molecule has 0 saturated heterocycles. The number of aliphatic hydroxyl groups is 1. The number of carbonyl (C=O) groups is 1. The monoisotopic (exact) mass is 495 g/mol. The summed E-state index contributed by atoms with van der Waals surface area (Å²) in [6, 6.07) is 0. The first kappa shape index (κ1) is 32.5. The number of unbranched alkanes of at least 4 members (excludes halogenated alkanes) is 12. The highest BCUT2D eigenvalue weighted by atomic mass is 31.2. The van der Waals surface area contributed by atoms with Gasteiger partial charge < -0.3 is 28.3 Å². The van der Waals surface area contributed by atoms with Crippen LogP contribution in [0.5, 0.6) is 0 Å². The van der Waals surface area contributed by atoms with E-state index in [1.807, 2.05) is 21.1 Å². The van der Waals surface area contributed by atoms with Crippen LogP contribution in [0, 0.1) is 0 Å². The normalized spacial score (nSPS) is 14.7. The minimum absolute atomic E-state index is 0.0265. The predicted molar refractivity (Wildman–Crippen MR) is 130 cm³/mol. The second-order valence-corrected chi connectivity index (χ2v) is 11.2. The number of carbonyl (C=O) groups excluding carboxylic acids is 1. The highest BCUT2D eigenvalue weighted by Crippen LogP contribution is 2.39. The molecule has 0 aromatic carbocycles. The third-order valence-corrected chi connectivity index (χ3v) is 6.46. The molecule has 2 atom stereocenters. The van der Waals surface area contributed by atoms with E-state index in [4.69, 9.17) is 13.8 Å². The Morgan fingerprint density at radius 2 is 1.39 bits per heavy atom. The van der Waals surface area contributed by atoms with Crippen LogP contribution in [0.3, 0.4) is 0 Å². The first-order valence-electron chi connectivity index (χ1n) is 12.8. The molecule has 0 aromatic rings. The lowest BCUT2D eigenvalue weighted by molar-refractivity contribution is -0.870. The number of esters is 1. The van der Waals surface area contributed by atoms with E-state index in [0.717, 1.165) is 19.3 Å². The summed E-state index contributed by atoms with van der Waals surface area (Å²) in [5.41, 5.74) is 0. The molecule has 0 aliphatic heterocycles. The highest BCUT2D eigenvalue weighted by Gasteiger charge is 2.20. The Hall–Kier alpha value is -0.500. The van der Waals surface area contributed by atoms with Crippen molar-refractivity contribution in [3.8, 4) is 0 Å². The summed E-state index contributed by atoms with van der Waals surface area (Å²) in [5.74, 6) is -0.410. The van der Waals surface area contributed by atoms with Crippen molar-refractivity contribution in [3.63, 3.8) is 0 Å². The van der Waals surface area contributed by atoms with E-state index in [-0.39, 0.29) is 19.6 Å². The molecule has 1 N–H and O–H groups in total. The van der Waals surface area contributed by atoms with Gasteiger partial charge in [0.2, 0.25) is 0 Å². The number of ether oxygens (including phenoxy) is 1. The first-order valence-corrected chi connectivity index (χ1v) is 14.3. The molecule has 1 unspecified atom stereocenters. The maximum absolute atomic E-state index is 11.9. The number of phosphoric acid groups is 1. The number of aliphatic hydroxyl groups excluding tert-OH is 1. The van der Waals surface area contributed by atoms with Crippen molar-refractivity contribution in [2.75, 3.05) is 47.5 Å². The highest BCUT2D eigenvalue weighted by molar-refractivity contribution is 7.45. The Morgan fingerprint density at radius 1 is 0.909 bits per heavy atom. The predicted octanol–water partition coefficient (Wildman–Crippen LogP) is 4.58. The zero-order valence-corrected chi connectivity index (χ0v) is 22.5. The van der Waals surface area contributed by atoms with Crippen LogP contribution >= 0.6 is 7.82 Å². The average Bonchev–Trinajstić information content (AvgIpc) is 2.73. The molecule has 8 nitrogen and oxygen atoms in total. The number of phosphoric ester groups is 1. The van der Waals surface area contributed by atoms with Gasteiger partial charge in [0.05, 0.1) is 27.7 Å². The Bertz CT molecular complexity index is 525. The zero-order valence-electron chi connectivity index (χ0n) is 21.6. The van der Waals surface area contributed by atoms with Gasteiger partial charge in [-0.2, -0.15) is 0 Å². The van der Waals surface area contributed by atoms with Crippen LogP contribution in [-0.2, 0) is 23.1 Å². The third kappa shape index (κ3) is 23.0. The van der Waals surface area contributed by atoms with Crippen LogP contribution < -0.4 is 4.89 Å². The summed E-state index contributed by atoms with van der Waals surface area (Å²) in [6.45, 7) is 1.79. The summed E-state index contributed by atoms with van der Waals surface area (Å²) in [5, 5.41) is 9.32. The SMILES string of the molecule is CCCCCCCCCCCCCCCC(=O)OC[C@@H](CO)OP(=O)([O-])OCC[N+](C)(C)C. The average molecular weight is 496 g/mol. The summed E-state index contributed by atoms with van der Waals surface area (Å²) < 4.78 is 27.1. The van der Waals surface area contributed by atoms with Crippen LogP contribution in [-0.4, -0.2) is 69.2 Å². The van der Waals surface area contributed by atoms with Crippen LogP contribution in [0.25, 0.3) is 0 Å². The van der Waals surface area contributed by atoms with E-state index < -0.39 is 26.5 Å². The van der Waals surface area contributed by atoms with Gasteiger partial charge in [-0.25, -0.2) is 0 Å². The van der Waals surface area contributed by atoms with E-state index in [2.05, 4.69) is 6.92 Å². The van der Waals surface area contributed by atoms with Crippen molar-refractivity contribution in [1.29, 1.82) is 0 Å². The van der Waals surface area contributed by atoms with E-state index in [9.17, 15) is 19.4 Å². The fraction of sp³-hybridized carbons (Fsp3) is 0.958. The number of likely N-dealkylation sites (N-methyl/N-ethyl adjacent to an activating group) is 1. The lowest BCUT2D eigenvalue weighted by atomic mass is 10.0. The minimum Gasteiger partial charge on any atom is -0.756 e. The Labute approximate surface area is 202 Å². The van der Waals surface area contributed by atoms with Crippen LogP contribution in [0.2, 0.25) is 0 Å². The molecule has 0 spiro atoms. The lowest BCUT2D eigenvalue weighted by Gasteiger charge is -2.29. The first-order chi connectivity index (χ1) is 15.6. The maximum atomic E-state index is 11.9. The van der Waals surface area contributed by atoms with Crippen molar-refractivity contribution in [3.05, 3.63) is 0 Å². The van der Waals surface area contributed by atoms with Crippen LogP contribution in [0.1, 0.15) is 96.8 Å². The van der Waals surface area contributed by atoms with E-state index >= 15 is 0 Å². The molecule has 0 rings (SSSR count). The number of nitrogens with zero attached hydrogens (tertiary/aromatic N) is 1. The molecular weight excluding hydrogens is 445 g/mol. The second-order valence-electron chi connectivity index (χ2n) is 9.88. The summed E-state index contributed by atoms with van der Waals surface area (Å²) in [7, 11) is 1.16. The maximum Gasteiger partial charge on any atom is 0.305 e. The quantitative estimate of drug-likeness (QED) is 0.0957. The van der Waals surface area contributed by atoms with Crippen molar-refractivity contribution in [2.24, 2.45) is 0 Å². The zero-order chi connectivity index (χ0) is 25.0. The topological polar surface area (TPSA) is 105 Å². The van der Waals surface area contributed by atoms with Gasteiger partial charge in [-0.3, -0.25) is 9.36 Å². The Kier molecular flexibility index (Phi) is 19.5. The lowest BCUT2D eigenvalue weighted by Crippen LogP contribution is -2.38. The molecule has 0 bridgehead atoms. The molecular formula is C24H50NO7P. The van der Waals surface area contributed by atoms with Gasteiger partial charge in [-0.05, 0) is 6.42 Å². The van der Waals surface area contributed by atoms with Gasteiger partial charge in [0.25, 0.3) is 7.82 Å². The smallest absolute Gasteiger partial charge is 0.305 e. The van der Waals surface area contributed by atoms with E-state index in [0.29, 0.717) is 11.0 Å². The van der Waals surface area contributed by atoms with Gasteiger partial charge in [-0.1, -0.05) is 84.0 Å². The van der Waals surface area contributed by atoms with Gasteiger partial charge in [0.15, 0.2) is 0 Å². The van der Waals surface area contributed by atoms with Crippen LogP contribution in [0.15, 0.2) is 0 Å². The van der Waals surface area contributed by atoms with E-state index in [1.54, 1.807) is 0 Å². The number of rotatable bonds is 23. The minimum atomic E-state index is -4.57. The summed E-state index contributed by atoms with van der Waals surface area (Å²) >= 11 is 0. The molecule has 0 saturated carbocycles. The molecule has 0 amide bonds. The number of hydrogen-bond acceptors (Lipinski definition) is 7. The van der Waals surface area contributed by atoms with E-state index in [1.165, 1.54) is 64.2 Å². The fourth-order valence-electron chi connectivity index (χ4n) is 3.30. The van der Waals surface area contributed by atoms with Crippen molar-refractivity contribution >= 4 is 13.8 Å². The molecule has 0 heterocycles. The van der Waals surface area contributed by atoms with Crippen molar-refractivity contribution < 1.29 is 37.6 Å². The Morgan fingerprint density at radius 3 is 1.85 bits per heavy atom. The third-order valence-electron chi connectivity index (χ3n) is 5.41. The van der Waals surface area contributed by atoms with Crippen LogP contribution in [0.4, 0.5) is 0 Å². The van der Waals surface area contributed by atoms with Crippen molar-refractivity contribution in [2.45, 2.75) is 103 Å². The fourth-order valence-corrected chi connectivity index (χ4v) is 4.16. The summed E-state index contributed by atoms with van der Waals surface area (Å²) in [6.07, 6.45) is 15.1. The van der Waals surface area contributed by atoms with Gasteiger partial charge >= 0.3 is 5.97 Å². The molecule has 9 heteroatoms. The molecule has 0 radical (unpaired) electrons. The Balaban J connectivity index is 3.73. The molecule has 0 aliphatic rings. The molecule has 198 valence electrons. The van der Waals surface area contributed by atoms with Crippen molar-refractivity contribution in [1.82, 2.24) is 0 Å². The number of hydrogen-bond donors (Lipinski definition) is 1. The largest absolute Gasteiger partial charge is 0.756 e. The standard InChI is InChI=1S/C24H50NO7P/c1-5-6-7-8-9-10-11-12-13-14-15-16-17-18-24(27)30-22-23(21-26)32-33(28,29)31-20-19-25(2,3)4/h23,26H,5-22H2,1-4H3/t23-/m1/s1. The molecule has 0 aliphatic carbocycles. The van der Waals surface area contributed by atoms with Gasteiger partial charge in [0, 0.05) is 6.42 Å². The second kappa shape index (κ2) is 19.8.